The van der Waals surface area contributed by atoms with E-state index in [2.05, 4.69) is 4.74 Å². The molecule has 2 rings (SSSR count). The zero-order chi connectivity index (χ0) is 22.2. The van der Waals surface area contributed by atoms with Crippen molar-refractivity contribution in [3.63, 3.8) is 0 Å². The maximum absolute atomic E-state index is 12.5. The van der Waals surface area contributed by atoms with Crippen LogP contribution in [-0.4, -0.2) is 41.3 Å². The number of benzene rings is 1. The predicted molar refractivity (Wildman–Crippen MR) is 95.0 cm³/mol. The van der Waals surface area contributed by atoms with E-state index in [-0.39, 0.29) is 16.8 Å². The monoisotopic (exact) mass is 438 g/mol. The molecule has 0 aliphatic rings. The summed E-state index contributed by atoms with van der Waals surface area (Å²) >= 11 is 0. The van der Waals surface area contributed by atoms with Crippen LogP contribution in [0.1, 0.15) is 20.8 Å². The van der Waals surface area contributed by atoms with Crippen molar-refractivity contribution in [2.45, 2.75) is 38.4 Å². The highest BCUT2D eigenvalue weighted by atomic mass is 32.2. The van der Waals surface area contributed by atoms with Crippen molar-refractivity contribution >= 4 is 38.7 Å². The van der Waals surface area contributed by atoms with Gasteiger partial charge in [-0.1, -0.05) is 0 Å². The molecule has 9 nitrogen and oxygen atoms in total. The van der Waals surface area contributed by atoms with Crippen molar-refractivity contribution in [1.29, 1.82) is 0 Å². The molecule has 0 radical (unpaired) electrons. The van der Waals surface area contributed by atoms with Gasteiger partial charge in [-0.05, 0) is 39.0 Å². The lowest BCUT2D eigenvalue weighted by atomic mass is 10.2. The molecule has 0 atom stereocenters. The van der Waals surface area contributed by atoms with Crippen molar-refractivity contribution in [3.05, 3.63) is 24.3 Å². The number of rotatable bonds is 5. The fraction of sp³-hybridized carbons (Fsp3) is 0.375. The third-order valence-electron chi connectivity index (χ3n) is 3.32. The molecule has 0 aliphatic heterocycles. The van der Waals surface area contributed by atoms with Gasteiger partial charge < -0.3 is 19.1 Å². The summed E-state index contributed by atoms with van der Waals surface area (Å²) in [7, 11) is -5.64. The third kappa shape index (κ3) is 5.53. The Labute approximate surface area is 163 Å². The molecule has 0 saturated carbocycles. The number of ether oxygens (including phenoxy) is 2. The summed E-state index contributed by atoms with van der Waals surface area (Å²) in [4.78, 5) is 23.0. The Morgan fingerprint density at radius 1 is 1.17 bits per heavy atom. The van der Waals surface area contributed by atoms with Crippen molar-refractivity contribution in [2.24, 2.45) is 0 Å². The van der Waals surface area contributed by atoms with Crippen molar-refractivity contribution < 1.29 is 45.8 Å². The number of alkyl halides is 3. The SMILES string of the molecule is CC(C)(C)OC(=O)Cn1c(OC(=O)O)cc2cc(NS(=O)(=O)C(F)(F)F)ccc21. The predicted octanol–water partition coefficient (Wildman–Crippen LogP) is 3.30. The quantitative estimate of drug-likeness (QED) is 0.687. The number of esters is 1. The molecular formula is C16H17F3N2O7S. The van der Waals surface area contributed by atoms with Crippen molar-refractivity contribution in [3.8, 4) is 5.88 Å². The van der Waals surface area contributed by atoms with Gasteiger partial charge in [0.15, 0.2) is 0 Å². The minimum absolute atomic E-state index is 0.132. The van der Waals surface area contributed by atoms with Crippen LogP contribution in [0.5, 0.6) is 5.88 Å². The number of hydrogen-bond donors (Lipinski definition) is 2. The molecule has 13 heteroatoms. The van der Waals surface area contributed by atoms with Crippen LogP contribution in [0.4, 0.5) is 23.7 Å². The topological polar surface area (TPSA) is 124 Å². The van der Waals surface area contributed by atoms with Gasteiger partial charge >= 0.3 is 27.7 Å². The van der Waals surface area contributed by atoms with E-state index in [1.165, 1.54) is 10.8 Å². The molecule has 0 spiro atoms. The van der Waals surface area contributed by atoms with E-state index in [1.54, 1.807) is 20.8 Å². The Balaban J connectivity index is 2.45. The maximum Gasteiger partial charge on any atom is 0.516 e. The number of carboxylic acid groups (broad SMARTS) is 1. The second kappa shape index (κ2) is 7.46. The lowest BCUT2D eigenvalue weighted by Gasteiger charge is -2.20. The number of anilines is 1. The van der Waals surface area contributed by atoms with Crippen LogP contribution < -0.4 is 9.46 Å². The molecule has 160 valence electrons. The number of nitrogens with one attached hydrogen (secondary N) is 1. The number of nitrogens with zero attached hydrogens (tertiary/aromatic N) is 1. The zero-order valence-electron chi connectivity index (χ0n) is 15.4. The number of sulfonamides is 1. The summed E-state index contributed by atoms with van der Waals surface area (Å²) in [5.74, 6) is -1.01. The molecule has 0 aliphatic carbocycles. The zero-order valence-corrected chi connectivity index (χ0v) is 16.2. The van der Waals surface area contributed by atoms with Gasteiger partial charge in [-0.3, -0.25) is 9.52 Å². The average Bonchev–Trinajstić information content (AvgIpc) is 2.79. The summed E-state index contributed by atoms with van der Waals surface area (Å²) in [5.41, 5.74) is -6.52. The van der Waals surface area contributed by atoms with Gasteiger partial charge in [-0.15, -0.1) is 0 Å². The first-order valence-corrected chi connectivity index (χ1v) is 9.42. The van der Waals surface area contributed by atoms with Crippen molar-refractivity contribution in [1.82, 2.24) is 4.57 Å². The Morgan fingerprint density at radius 2 is 1.79 bits per heavy atom. The van der Waals surface area contributed by atoms with Crippen LogP contribution in [0, 0.1) is 0 Å². The summed E-state index contributed by atoms with van der Waals surface area (Å²) in [6.07, 6.45) is -1.68. The number of carbonyl (C=O) groups is 2. The minimum Gasteiger partial charge on any atom is -0.459 e. The van der Waals surface area contributed by atoms with Gasteiger partial charge in [0.25, 0.3) is 0 Å². The van der Waals surface area contributed by atoms with E-state index < -0.39 is 45.5 Å². The van der Waals surface area contributed by atoms with E-state index in [0.717, 1.165) is 22.8 Å². The van der Waals surface area contributed by atoms with Gasteiger partial charge in [-0.2, -0.15) is 21.6 Å². The molecule has 1 aromatic carbocycles. The second-order valence-corrected chi connectivity index (χ2v) is 8.52. The molecule has 0 unspecified atom stereocenters. The third-order valence-corrected chi connectivity index (χ3v) is 4.43. The standard InChI is InChI=1S/C16H17F3N2O7S/c1-15(2,3)28-13(22)8-21-11-5-4-10(20-29(25,26)16(17,18)19)6-9(11)7-12(21)27-14(23)24/h4-7,20H,8H2,1-3H3,(H,23,24). The summed E-state index contributed by atoms with van der Waals surface area (Å²) < 4.78 is 72.4. The Hall–Kier alpha value is -2.96. The van der Waals surface area contributed by atoms with E-state index in [9.17, 15) is 31.2 Å². The fourth-order valence-electron chi connectivity index (χ4n) is 2.36. The Morgan fingerprint density at radius 3 is 2.31 bits per heavy atom. The van der Waals surface area contributed by atoms with E-state index in [0.29, 0.717) is 0 Å². The first-order valence-electron chi connectivity index (χ1n) is 7.94. The molecule has 1 heterocycles. The maximum atomic E-state index is 12.5. The molecule has 0 amide bonds. The Bertz CT molecular complexity index is 1050. The highest BCUT2D eigenvalue weighted by Gasteiger charge is 2.46. The first kappa shape index (κ1) is 22.3. The molecule has 0 saturated heterocycles. The number of aromatic nitrogens is 1. The normalized spacial score (nSPS) is 12.6. The minimum atomic E-state index is -5.64. The molecule has 2 N–H and O–H groups in total. The number of fused-ring (bicyclic) bond motifs is 1. The average molecular weight is 438 g/mol. The van der Waals surface area contributed by atoms with Crippen LogP contribution in [0.25, 0.3) is 10.9 Å². The largest absolute Gasteiger partial charge is 0.516 e. The number of hydrogen-bond acceptors (Lipinski definition) is 6. The lowest BCUT2D eigenvalue weighted by Crippen LogP contribution is -2.29. The number of carbonyl (C=O) groups excluding carboxylic acids is 1. The van der Waals surface area contributed by atoms with Crippen LogP contribution in [-0.2, 0) is 26.1 Å². The molecule has 0 bridgehead atoms. The van der Waals surface area contributed by atoms with Gasteiger partial charge in [-0.25, -0.2) is 4.79 Å². The van der Waals surface area contributed by atoms with E-state index in [4.69, 9.17) is 9.84 Å². The molecule has 29 heavy (non-hydrogen) atoms. The Kier molecular flexibility index (Phi) is 5.75. The highest BCUT2D eigenvalue weighted by molar-refractivity contribution is 7.93. The van der Waals surface area contributed by atoms with E-state index in [1.807, 2.05) is 0 Å². The fourth-order valence-corrected chi connectivity index (χ4v) is 2.92. The second-order valence-electron chi connectivity index (χ2n) is 6.85. The van der Waals surface area contributed by atoms with Crippen LogP contribution in [0.2, 0.25) is 0 Å². The van der Waals surface area contributed by atoms with Gasteiger partial charge in [0.2, 0.25) is 5.88 Å². The van der Waals surface area contributed by atoms with Crippen LogP contribution in [0.15, 0.2) is 24.3 Å². The van der Waals surface area contributed by atoms with Gasteiger partial charge in [0, 0.05) is 17.1 Å². The molecular weight excluding hydrogens is 421 g/mol. The smallest absolute Gasteiger partial charge is 0.459 e. The summed E-state index contributed by atoms with van der Waals surface area (Å²) in [5, 5.41) is 9.00. The van der Waals surface area contributed by atoms with Gasteiger partial charge in [0.05, 0.1) is 5.52 Å². The van der Waals surface area contributed by atoms with Gasteiger partial charge in [0.1, 0.15) is 12.1 Å². The lowest BCUT2D eigenvalue weighted by molar-refractivity contribution is -0.155. The summed E-state index contributed by atoms with van der Waals surface area (Å²) in [6.45, 7) is 4.45. The van der Waals surface area contributed by atoms with E-state index >= 15 is 0 Å². The first-order chi connectivity index (χ1) is 13.1. The van der Waals surface area contributed by atoms with Crippen molar-refractivity contribution in [2.75, 3.05) is 4.72 Å². The summed E-state index contributed by atoms with van der Waals surface area (Å²) in [6, 6.07) is 4.42. The molecule has 2 aromatic rings. The van der Waals surface area contributed by atoms with Crippen LogP contribution in [0.3, 0.4) is 0 Å². The molecule has 0 fully saturated rings. The molecule has 1 aromatic heterocycles. The van der Waals surface area contributed by atoms with Crippen LogP contribution >= 0.6 is 0 Å². The number of halogens is 3. The highest BCUT2D eigenvalue weighted by Crippen LogP contribution is 2.31.